The Balaban J connectivity index is 0. The maximum atomic E-state index is 9.21. The van der Waals surface area contributed by atoms with Crippen LogP contribution in [0.3, 0.4) is 0 Å². The van der Waals surface area contributed by atoms with Crippen molar-refractivity contribution in [1.29, 1.82) is 0 Å². The fourth-order valence-electron chi connectivity index (χ4n) is 1.09. The minimum absolute atomic E-state index is 0.352. The number of aliphatic hydroxyl groups excluding tert-OH is 3. The Labute approximate surface area is 95.2 Å². The zero-order chi connectivity index (χ0) is 13.0. The van der Waals surface area contributed by atoms with Gasteiger partial charge >= 0.3 is 6.16 Å². The van der Waals surface area contributed by atoms with Crippen LogP contribution < -0.4 is 0 Å². The van der Waals surface area contributed by atoms with Crippen molar-refractivity contribution < 1.29 is 30.3 Å². The Bertz CT molecular complexity index is 157. The molecule has 0 aromatic carbocycles. The summed E-state index contributed by atoms with van der Waals surface area (Å²) < 4.78 is 0. The molecule has 6 heteroatoms. The predicted octanol–water partition coefficient (Wildman–Crippen LogP) is 0.893. The summed E-state index contributed by atoms with van der Waals surface area (Å²) in [6.07, 6.45) is 1.37. The third-order valence-electron chi connectivity index (χ3n) is 1.98. The highest BCUT2D eigenvalue weighted by Crippen LogP contribution is 2.07. The molecule has 2 unspecified atom stereocenters. The Kier molecular flexibility index (Phi) is 13.4. The molecule has 0 aliphatic carbocycles. The first-order valence-corrected chi connectivity index (χ1v) is 5.34. The summed E-state index contributed by atoms with van der Waals surface area (Å²) in [6.45, 7) is 1.77. The van der Waals surface area contributed by atoms with Gasteiger partial charge in [0.1, 0.15) is 6.10 Å². The molecule has 0 saturated carbocycles. The summed E-state index contributed by atoms with van der Waals surface area (Å²) in [6, 6.07) is 0. The first kappa shape index (κ1) is 17.5. The highest BCUT2D eigenvalue weighted by atomic mass is 16.6. The quantitative estimate of drug-likeness (QED) is 0.420. The summed E-state index contributed by atoms with van der Waals surface area (Å²) in [5.41, 5.74) is 0. The molecule has 0 amide bonds. The summed E-state index contributed by atoms with van der Waals surface area (Å²) >= 11 is 0. The van der Waals surface area contributed by atoms with Crippen molar-refractivity contribution in [2.75, 3.05) is 6.61 Å². The molecule has 5 N–H and O–H groups in total. The highest BCUT2D eigenvalue weighted by molar-refractivity contribution is 5.53. The summed E-state index contributed by atoms with van der Waals surface area (Å²) in [5.74, 6) is 0. The normalized spacial score (nSPS) is 13.5. The molecule has 16 heavy (non-hydrogen) atoms. The van der Waals surface area contributed by atoms with Crippen LogP contribution in [-0.2, 0) is 0 Å². The summed E-state index contributed by atoms with van der Waals surface area (Å²) in [5, 5.41) is 40.6. The Morgan fingerprint density at radius 1 is 1.06 bits per heavy atom. The topological polar surface area (TPSA) is 118 Å². The molecule has 0 aromatic heterocycles. The molecule has 0 heterocycles. The fraction of sp³-hybridized carbons (Fsp3) is 0.900. The van der Waals surface area contributed by atoms with E-state index in [2.05, 4.69) is 6.92 Å². The maximum absolute atomic E-state index is 9.21. The van der Waals surface area contributed by atoms with Gasteiger partial charge in [-0.3, -0.25) is 0 Å². The van der Waals surface area contributed by atoms with Gasteiger partial charge in [-0.1, -0.05) is 32.6 Å². The Morgan fingerprint density at radius 3 is 1.94 bits per heavy atom. The molecule has 0 aromatic rings. The SMILES string of the molecule is CCCCCCC(O)C(O)CO.O=C(O)O. The Hall–Kier alpha value is -0.850. The van der Waals surface area contributed by atoms with Gasteiger partial charge in [0.15, 0.2) is 0 Å². The van der Waals surface area contributed by atoms with E-state index in [-0.39, 0.29) is 6.61 Å². The Morgan fingerprint density at radius 2 is 1.56 bits per heavy atom. The summed E-state index contributed by atoms with van der Waals surface area (Å²) in [4.78, 5) is 8.56. The van der Waals surface area contributed by atoms with Crippen LogP contribution in [0.2, 0.25) is 0 Å². The van der Waals surface area contributed by atoms with Gasteiger partial charge < -0.3 is 25.5 Å². The van der Waals surface area contributed by atoms with Crippen LogP contribution in [0.5, 0.6) is 0 Å². The largest absolute Gasteiger partial charge is 0.503 e. The number of carboxylic acid groups (broad SMARTS) is 2. The average molecular weight is 238 g/mol. The van der Waals surface area contributed by atoms with Gasteiger partial charge in [-0.05, 0) is 6.42 Å². The van der Waals surface area contributed by atoms with Crippen LogP contribution in [0.25, 0.3) is 0 Å². The molecule has 0 bridgehead atoms. The maximum Gasteiger partial charge on any atom is 0.503 e. The number of unbranched alkanes of at least 4 members (excludes halogenated alkanes) is 3. The van der Waals surface area contributed by atoms with Crippen molar-refractivity contribution >= 4 is 6.16 Å². The molecule has 0 aliphatic heterocycles. The van der Waals surface area contributed by atoms with Crippen LogP contribution in [-0.4, -0.2) is 50.5 Å². The molecule has 0 saturated heterocycles. The molecule has 2 atom stereocenters. The second-order valence-electron chi connectivity index (χ2n) is 3.45. The van der Waals surface area contributed by atoms with E-state index in [0.29, 0.717) is 6.42 Å². The zero-order valence-corrected chi connectivity index (χ0v) is 9.54. The first-order chi connectivity index (χ1) is 7.45. The van der Waals surface area contributed by atoms with Gasteiger partial charge in [0.2, 0.25) is 0 Å². The van der Waals surface area contributed by atoms with Crippen molar-refractivity contribution in [2.45, 2.75) is 51.2 Å². The number of carbonyl (C=O) groups is 1. The predicted molar refractivity (Wildman–Crippen MR) is 58.5 cm³/mol. The van der Waals surface area contributed by atoms with Crippen LogP contribution in [0.4, 0.5) is 4.79 Å². The zero-order valence-electron chi connectivity index (χ0n) is 9.54. The molecule has 0 radical (unpaired) electrons. The van der Waals surface area contributed by atoms with Gasteiger partial charge in [0.05, 0.1) is 12.7 Å². The lowest BCUT2D eigenvalue weighted by atomic mass is 10.1. The van der Waals surface area contributed by atoms with E-state index in [0.717, 1.165) is 12.8 Å². The van der Waals surface area contributed by atoms with Gasteiger partial charge in [-0.25, -0.2) is 4.79 Å². The molecule has 0 rings (SSSR count). The van der Waals surface area contributed by atoms with Gasteiger partial charge in [0, 0.05) is 0 Å². The van der Waals surface area contributed by atoms with E-state index in [9.17, 15) is 5.11 Å². The van der Waals surface area contributed by atoms with E-state index >= 15 is 0 Å². The number of rotatable bonds is 7. The van der Waals surface area contributed by atoms with Crippen LogP contribution in [0.1, 0.15) is 39.0 Å². The van der Waals surface area contributed by atoms with Crippen molar-refractivity contribution in [3.63, 3.8) is 0 Å². The van der Waals surface area contributed by atoms with Gasteiger partial charge in [-0.2, -0.15) is 0 Å². The lowest BCUT2D eigenvalue weighted by Gasteiger charge is -2.14. The first-order valence-electron chi connectivity index (χ1n) is 5.34. The standard InChI is InChI=1S/C9H20O3.CH2O3/c1-2-3-4-5-6-8(11)9(12)7-10;2-1(3)4/h8-12H,2-7H2,1H3;(H2,2,3,4). The minimum Gasteiger partial charge on any atom is -0.450 e. The van der Waals surface area contributed by atoms with E-state index < -0.39 is 18.4 Å². The third-order valence-corrected chi connectivity index (χ3v) is 1.98. The third kappa shape index (κ3) is 15.6. The highest BCUT2D eigenvalue weighted by Gasteiger charge is 2.13. The van der Waals surface area contributed by atoms with Crippen LogP contribution in [0.15, 0.2) is 0 Å². The minimum atomic E-state index is -1.83. The van der Waals surface area contributed by atoms with E-state index in [1.807, 2.05) is 0 Å². The lowest BCUT2D eigenvalue weighted by molar-refractivity contribution is -0.0185. The molecule has 98 valence electrons. The molecule has 0 spiro atoms. The number of hydrogen-bond acceptors (Lipinski definition) is 4. The molecular formula is C10H22O6. The second-order valence-corrected chi connectivity index (χ2v) is 3.45. The molecular weight excluding hydrogens is 216 g/mol. The van der Waals surface area contributed by atoms with Gasteiger partial charge in [-0.15, -0.1) is 0 Å². The van der Waals surface area contributed by atoms with E-state index in [4.69, 9.17) is 25.2 Å². The molecule has 6 nitrogen and oxygen atoms in total. The smallest absolute Gasteiger partial charge is 0.450 e. The summed E-state index contributed by atoms with van der Waals surface area (Å²) in [7, 11) is 0. The fourth-order valence-corrected chi connectivity index (χ4v) is 1.09. The van der Waals surface area contributed by atoms with Crippen molar-refractivity contribution in [2.24, 2.45) is 0 Å². The van der Waals surface area contributed by atoms with Crippen molar-refractivity contribution in [3.8, 4) is 0 Å². The second kappa shape index (κ2) is 12.2. The number of hydrogen-bond donors (Lipinski definition) is 5. The average Bonchev–Trinajstić information content (AvgIpc) is 2.22. The van der Waals surface area contributed by atoms with Crippen LogP contribution in [0, 0.1) is 0 Å². The molecule has 0 fully saturated rings. The monoisotopic (exact) mass is 238 g/mol. The van der Waals surface area contributed by atoms with Crippen molar-refractivity contribution in [1.82, 2.24) is 0 Å². The number of aliphatic hydroxyl groups is 3. The lowest BCUT2D eigenvalue weighted by Crippen LogP contribution is -2.28. The van der Waals surface area contributed by atoms with E-state index in [1.165, 1.54) is 12.8 Å². The van der Waals surface area contributed by atoms with Gasteiger partial charge in [0.25, 0.3) is 0 Å². The van der Waals surface area contributed by atoms with Crippen molar-refractivity contribution in [3.05, 3.63) is 0 Å². The van der Waals surface area contributed by atoms with E-state index in [1.54, 1.807) is 0 Å². The molecule has 0 aliphatic rings. The van der Waals surface area contributed by atoms with Crippen LogP contribution >= 0.6 is 0 Å².